The molecule has 1 atom stereocenters. The number of fused-ring (bicyclic) bond motifs is 2. The summed E-state index contributed by atoms with van der Waals surface area (Å²) in [6.07, 6.45) is 6.21. The maximum atomic E-state index is 13.4. The number of pyridine rings is 1. The number of halogens is 3. The van der Waals surface area contributed by atoms with Crippen LogP contribution in [-0.4, -0.2) is 44.6 Å². The predicted molar refractivity (Wildman–Crippen MR) is 133 cm³/mol. The highest BCUT2D eigenvalue weighted by atomic mass is 19.4. The Morgan fingerprint density at radius 2 is 2.06 bits per heavy atom. The van der Waals surface area contributed by atoms with Crippen LogP contribution < -0.4 is 0 Å². The number of nitrogens with zero attached hydrogens (tertiary/aromatic N) is 4. The van der Waals surface area contributed by atoms with E-state index in [1.807, 2.05) is 6.20 Å². The molecule has 3 aliphatic rings. The fourth-order valence-electron chi connectivity index (χ4n) is 6.41. The molecule has 1 saturated carbocycles. The predicted octanol–water partition coefficient (Wildman–Crippen LogP) is 5.93. The maximum absolute atomic E-state index is 13.4. The SMILES string of the molecule is C/C=C(\N1CCc2ncc(C(F)(F)F)cc2C1)C1(CC2CC2)CCN(Cc2ccc3[nH]ncc3c2)C1. The van der Waals surface area contributed by atoms with E-state index >= 15 is 0 Å². The first-order valence-corrected chi connectivity index (χ1v) is 12.9. The Hall–Kier alpha value is -2.87. The van der Waals surface area contributed by atoms with Gasteiger partial charge >= 0.3 is 6.18 Å². The number of aromatic nitrogens is 3. The van der Waals surface area contributed by atoms with Gasteiger partial charge in [-0.15, -0.1) is 0 Å². The number of H-pyrrole nitrogens is 1. The minimum atomic E-state index is -4.37. The molecule has 1 N–H and O–H groups in total. The van der Waals surface area contributed by atoms with E-state index < -0.39 is 11.7 Å². The minimum absolute atomic E-state index is 0.0439. The van der Waals surface area contributed by atoms with Gasteiger partial charge in [-0.2, -0.15) is 18.3 Å². The van der Waals surface area contributed by atoms with E-state index in [1.165, 1.54) is 30.2 Å². The molecule has 1 aromatic carbocycles. The number of benzene rings is 1. The smallest absolute Gasteiger partial charge is 0.370 e. The van der Waals surface area contributed by atoms with Crippen molar-refractivity contribution in [3.05, 3.63) is 70.8 Å². The number of hydrogen-bond acceptors (Lipinski definition) is 4. The molecule has 4 heterocycles. The summed E-state index contributed by atoms with van der Waals surface area (Å²) in [5.74, 6) is 0.762. The molecule has 0 amide bonds. The summed E-state index contributed by atoms with van der Waals surface area (Å²) in [5.41, 5.74) is 4.54. The van der Waals surface area contributed by atoms with Gasteiger partial charge in [-0.1, -0.05) is 25.0 Å². The number of allylic oxidation sites excluding steroid dienone is 1. The number of aromatic amines is 1. The zero-order chi connectivity index (χ0) is 24.9. The van der Waals surface area contributed by atoms with Gasteiger partial charge in [0.15, 0.2) is 0 Å². The number of likely N-dealkylation sites (tertiary alicyclic amines) is 1. The van der Waals surface area contributed by atoms with Crippen LogP contribution in [0.2, 0.25) is 0 Å². The van der Waals surface area contributed by atoms with E-state index in [0.717, 1.165) is 67.7 Å². The van der Waals surface area contributed by atoms with Crippen LogP contribution in [0.15, 0.2) is 48.4 Å². The second-order valence-corrected chi connectivity index (χ2v) is 10.9. The van der Waals surface area contributed by atoms with Gasteiger partial charge < -0.3 is 4.90 Å². The summed E-state index contributed by atoms with van der Waals surface area (Å²) in [5, 5.41) is 8.28. The molecule has 1 aliphatic carbocycles. The first kappa shape index (κ1) is 23.5. The van der Waals surface area contributed by atoms with Crippen LogP contribution in [0.3, 0.4) is 0 Å². The second-order valence-electron chi connectivity index (χ2n) is 10.9. The number of hydrogen-bond donors (Lipinski definition) is 1. The molecule has 1 saturated heterocycles. The van der Waals surface area contributed by atoms with Gasteiger partial charge in [-0.05, 0) is 61.6 Å². The van der Waals surface area contributed by atoms with Crippen molar-refractivity contribution in [1.82, 2.24) is 25.0 Å². The van der Waals surface area contributed by atoms with Crippen molar-refractivity contribution in [2.45, 2.75) is 58.3 Å². The lowest BCUT2D eigenvalue weighted by Gasteiger charge is -2.42. The molecule has 0 bridgehead atoms. The zero-order valence-corrected chi connectivity index (χ0v) is 20.6. The molecule has 2 aliphatic heterocycles. The third-order valence-corrected chi connectivity index (χ3v) is 8.24. The normalized spacial score (nSPS) is 23.4. The van der Waals surface area contributed by atoms with Crippen LogP contribution in [0.1, 0.15) is 55.0 Å². The van der Waals surface area contributed by atoms with Crippen molar-refractivity contribution in [2.24, 2.45) is 11.3 Å². The summed E-state index contributed by atoms with van der Waals surface area (Å²) in [6, 6.07) is 7.78. The molecule has 0 spiro atoms. The molecule has 8 heteroatoms. The van der Waals surface area contributed by atoms with Crippen molar-refractivity contribution < 1.29 is 13.2 Å². The first-order chi connectivity index (χ1) is 17.3. The summed E-state index contributed by atoms with van der Waals surface area (Å²) >= 11 is 0. The first-order valence-electron chi connectivity index (χ1n) is 12.9. The average Bonchev–Trinajstić information content (AvgIpc) is 3.38. The van der Waals surface area contributed by atoms with Gasteiger partial charge in [-0.25, -0.2) is 0 Å². The van der Waals surface area contributed by atoms with Gasteiger partial charge in [0.05, 0.1) is 17.3 Å². The molecule has 190 valence electrons. The number of nitrogens with one attached hydrogen (secondary N) is 1. The highest BCUT2D eigenvalue weighted by Crippen LogP contribution is 2.51. The van der Waals surface area contributed by atoms with E-state index in [4.69, 9.17) is 0 Å². The third kappa shape index (κ3) is 4.51. The minimum Gasteiger partial charge on any atom is -0.370 e. The van der Waals surface area contributed by atoms with Gasteiger partial charge in [0, 0.05) is 61.0 Å². The monoisotopic (exact) mass is 495 g/mol. The fourth-order valence-corrected chi connectivity index (χ4v) is 6.41. The Bertz CT molecular complexity index is 1290. The highest BCUT2D eigenvalue weighted by molar-refractivity contribution is 5.78. The third-order valence-electron chi connectivity index (χ3n) is 8.24. The number of alkyl halides is 3. The lowest BCUT2D eigenvalue weighted by Crippen LogP contribution is -2.40. The quantitative estimate of drug-likeness (QED) is 0.460. The standard InChI is InChI=1S/C28H32F3N5/c1-2-26(36-9-7-24-22(17-36)12-23(15-32-24)28(29,30)31)27(13-19-3-4-19)8-10-35(18-27)16-20-5-6-25-21(11-20)14-33-34-25/h2,5-6,11-12,14-15,19H,3-4,7-10,13,16-18H2,1H3,(H,33,34)/b26-2-. The van der Waals surface area contributed by atoms with Gasteiger partial charge in [-0.3, -0.25) is 15.0 Å². The maximum Gasteiger partial charge on any atom is 0.417 e. The van der Waals surface area contributed by atoms with Gasteiger partial charge in [0.2, 0.25) is 0 Å². The molecular weight excluding hydrogens is 463 g/mol. The summed E-state index contributed by atoms with van der Waals surface area (Å²) in [7, 11) is 0. The Kier molecular flexibility index (Phi) is 5.82. The van der Waals surface area contributed by atoms with Crippen LogP contribution in [0.4, 0.5) is 13.2 Å². The molecular formula is C28H32F3N5. The lowest BCUT2D eigenvalue weighted by atomic mass is 9.77. The number of rotatable bonds is 6. The van der Waals surface area contributed by atoms with E-state index in [-0.39, 0.29) is 5.41 Å². The van der Waals surface area contributed by atoms with Crippen molar-refractivity contribution >= 4 is 10.9 Å². The van der Waals surface area contributed by atoms with Crippen LogP contribution in [0.5, 0.6) is 0 Å². The Labute approximate surface area is 209 Å². The van der Waals surface area contributed by atoms with Crippen LogP contribution in [0.25, 0.3) is 10.9 Å². The zero-order valence-electron chi connectivity index (χ0n) is 20.6. The second kappa shape index (κ2) is 8.91. The highest BCUT2D eigenvalue weighted by Gasteiger charge is 2.46. The fraction of sp³-hybridized carbons (Fsp3) is 0.500. The Morgan fingerprint density at radius 1 is 1.19 bits per heavy atom. The molecule has 5 nitrogen and oxygen atoms in total. The molecule has 36 heavy (non-hydrogen) atoms. The lowest BCUT2D eigenvalue weighted by molar-refractivity contribution is -0.137. The Balaban J connectivity index is 1.24. The molecule has 2 aromatic heterocycles. The van der Waals surface area contributed by atoms with Crippen molar-refractivity contribution in [2.75, 3.05) is 19.6 Å². The van der Waals surface area contributed by atoms with Crippen molar-refractivity contribution in [3.8, 4) is 0 Å². The van der Waals surface area contributed by atoms with Crippen molar-refractivity contribution in [3.63, 3.8) is 0 Å². The van der Waals surface area contributed by atoms with Crippen molar-refractivity contribution in [1.29, 1.82) is 0 Å². The van der Waals surface area contributed by atoms with Crippen LogP contribution in [0, 0.1) is 11.3 Å². The molecule has 3 aromatic rings. The summed E-state index contributed by atoms with van der Waals surface area (Å²) in [4.78, 5) is 9.06. The van der Waals surface area contributed by atoms with Crippen LogP contribution >= 0.6 is 0 Å². The van der Waals surface area contributed by atoms with Crippen LogP contribution in [-0.2, 0) is 25.7 Å². The van der Waals surface area contributed by atoms with E-state index in [2.05, 4.69) is 56.2 Å². The molecule has 6 rings (SSSR count). The average molecular weight is 496 g/mol. The molecule has 2 fully saturated rings. The van der Waals surface area contributed by atoms with E-state index in [1.54, 1.807) is 0 Å². The molecule has 1 unspecified atom stereocenters. The summed E-state index contributed by atoms with van der Waals surface area (Å²) in [6.45, 7) is 6.30. The molecule has 0 radical (unpaired) electrons. The largest absolute Gasteiger partial charge is 0.417 e. The summed E-state index contributed by atoms with van der Waals surface area (Å²) < 4.78 is 40.1. The Morgan fingerprint density at radius 3 is 2.83 bits per heavy atom. The topological polar surface area (TPSA) is 48.1 Å². The van der Waals surface area contributed by atoms with Gasteiger partial charge in [0.25, 0.3) is 0 Å². The van der Waals surface area contributed by atoms with E-state index in [0.29, 0.717) is 18.5 Å². The van der Waals surface area contributed by atoms with E-state index in [9.17, 15) is 13.2 Å². The van der Waals surface area contributed by atoms with Gasteiger partial charge in [0.1, 0.15) is 0 Å².